The highest BCUT2D eigenvalue weighted by Crippen LogP contribution is 2.35. The van der Waals surface area contributed by atoms with Crippen molar-refractivity contribution in [2.75, 3.05) is 26.4 Å². The van der Waals surface area contributed by atoms with Crippen LogP contribution < -0.4 is 14.9 Å². The molecule has 2 atom stereocenters. The van der Waals surface area contributed by atoms with Crippen LogP contribution in [-0.4, -0.2) is 49.9 Å². The van der Waals surface area contributed by atoms with E-state index >= 15 is 0 Å². The number of benzene rings is 2. The maximum absolute atomic E-state index is 13.3. The molecule has 11 heteroatoms. The Hall–Kier alpha value is -3.80. The van der Waals surface area contributed by atoms with Crippen LogP contribution in [0.5, 0.6) is 5.75 Å². The minimum Gasteiger partial charge on any atom is -0.619 e. The van der Waals surface area contributed by atoms with E-state index in [1.807, 2.05) is 48.5 Å². The summed E-state index contributed by atoms with van der Waals surface area (Å²) in [5, 5.41) is 12.5. The van der Waals surface area contributed by atoms with E-state index in [1.165, 1.54) is 12.4 Å². The number of amides is 1. The molecule has 230 valence electrons. The molecule has 1 N–H and O–H groups in total. The van der Waals surface area contributed by atoms with E-state index in [-0.39, 0.29) is 16.9 Å². The highest BCUT2D eigenvalue weighted by Gasteiger charge is 2.24. The molecule has 4 aromatic rings. The summed E-state index contributed by atoms with van der Waals surface area (Å²) in [7, 11) is 0. The van der Waals surface area contributed by atoms with Gasteiger partial charge in [0.15, 0.2) is 25.0 Å². The quantitative estimate of drug-likeness (QED) is 0.1000. The number of halogens is 1. The monoisotopic (exact) mass is 619 g/mol. The number of nitrogens with one attached hydrogen (secondary N) is 1. The van der Waals surface area contributed by atoms with Crippen molar-refractivity contribution in [1.82, 2.24) is 10.5 Å². The normalized spacial score (nSPS) is 18.7. The van der Waals surface area contributed by atoms with E-state index < -0.39 is 12.2 Å². The van der Waals surface area contributed by atoms with Gasteiger partial charge in [-0.15, -0.1) is 0 Å². The van der Waals surface area contributed by atoms with Crippen molar-refractivity contribution < 1.29 is 33.3 Å². The lowest BCUT2D eigenvalue weighted by Gasteiger charge is -2.22. The first-order chi connectivity index (χ1) is 21.5. The zero-order valence-corrected chi connectivity index (χ0v) is 25.0. The molecule has 0 spiro atoms. The van der Waals surface area contributed by atoms with Crippen LogP contribution in [0.25, 0.3) is 33.3 Å². The third kappa shape index (κ3) is 7.28. The average molecular weight is 620 g/mol. The molecule has 4 heterocycles. The first-order valence-corrected chi connectivity index (χ1v) is 15.3. The van der Waals surface area contributed by atoms with Gasteiger partial charge in [-0.1, -0.05) is 48.0 Å². The van der Waals surface area contributed by atoms with Crippen molar-refractivity contribution in [3.63, 3.8) is 0 Å². The summed E-state index contributed by atoms with van der Waals surface area (Å²) in [6, 6.07) is 17.1. The zero-order valence-electron chi connectivity index (χ0n) is 24.2. The van der Waals surface area contributed by atoms with Gasteiger partial charge in [0.05, 0.1) is 33.8 Å². The van der Waals surface area contributed by atoms with Crippen LogP contribution in [0.2, 0.25) is 5.02 Å². The highest BCUT2D eigenvalue weighted by molar-refractivity contribution is 6.37. The van der Waals surface area contributed by atoms with Crippen LogP contribution in [0.3, 0.4) is 0 Å². The molecule has 2 fully saturated rings. The third-order valence-corrected chi connectivity index (χ3v) is 8.00. The van der Waals surface area contributed by atoms with Gasteiger partial charge in [0.25, 0.3) is 5.91 Å². The largest absolute Gasteiger partial charge is 0.619 e. The number of pyridine rings is 2. The smallest absolute Gasteiger partial charge is 0.277 e. The summed E-state index contributed by atoms with van der Waals surface area (Å²) in [6.45, 7) is 2.25. The van der Waals surface area contributed by atoms with E-state index in [0.717, 1.165) is 55.6 Å². The highest BCUT2D eigenvalue weighted by atomic mass is 35.5. The molecule has 2 aromatic heterocycles. The first kappa shape index (κ1) is 30.2. The SMILES string of the molecule is O=C(NOC1CCCCO1)c1c(Cl)c(-c2ccc(-c3ccc(OCCOC4CCCCO4)cc3)cc2)nc2cc[n+]([O-])cc12. The van der Waals surface area contributed by atoms with Gasteiger partial charge in [-0.2, -0.15) is 4.73 Å². The molecule has 0 aliphatic carbocycles. The van der Waals surface area contributed by atoms with Crippen molar-refractivity contribution in [2.45, 2.75) is 51.1 Å². The molecular weight excluding hydrogens is 586 g/mol. The fourth-order valence-corrected chi connectivity index (χ4v) is 5.64. The van der Waals surface area contributed by atoms with Gasteiger partial charge in [-0.3, -0.25) is 4.79 Å². The number of carbonyl (C=O) groups is 1. The van der Waals surface area contributed by atoms with Gasteiger partial charge in [0, 0.05) is 31.3 Å². The molecule has 1 amide bonds. The zero-order chi connectivity index (χ0) is 30.3. The standard InChI is InChI=1S/C33H34ClN3O7/c34-31-30(33(38)36-44-29-6-2-4-18-42-29)26-21-37(39)16-15-27(26)35-32(31)24-9-7-22(8-10-24)23-11-13-25(14-12-23)40-19-20-43-28-5-1-3-17-41-28/h7-16,21,28-29H,1-6,17-20H2,(H,36,38). The Bertz CT molecular complexity index is 1570. The summed E-state index contributed by atoms with van der Waals surface area (Å²) in [5.41, 5.74) is 6.13. The Morgan fingerprint density at radius 1 is 0.909 bits per heavy atom. The van der Waals surface area contributed by atoms with Crippen molar-refractivity contribution >= 4 is 28.4 Å². The predicted octanol–water partition coefficient (Wildman–Crippen LogP) is 5.97. The van der Waals surface area contributed by atoms with Crippen molar-refractivity contribution in [1.29, 1.82) is 0 Å². The Balaban J connectivity index is 1.15. The van der Waals surface area contributed by atoms with Crippen LogP contribution >= 0.6 is 11.6 Å². The molecule has 0 radical (unpaired) electrons. The fourth-order valence-electron chi connectivity index (χ4n) is 5.30. The number of nitrogens with zero attached hydrogens (tertiary/aromatic N) is 2. The van der Waals surface area contributed by atoms with Crippen molar-refractivity contribution in [3.05, 3.63) is 82.8 Å². The summed E-state index contributed by atoms with van der Waals surface area (Å²) < 4.78 is 23.3. The Labute approximate surface area is 260 Å². The van der Waals surface area contributed by atoms with Crippen LogP contribution in [-0.2, 0) is 19.0 Å². The number of hydrogen-bond acceptors (Lipinski definition) is 8. The second-order valence-electron chi connectivity index (χ2n) is 10.7. The van der Waals surface area contributed by atoms with Crippen LogP contribution in [0.1, 0.15) is 48.9 Å². The Kier molecular flexibility index (Phi) is 9.84. The van der Waals surface area contributed by atoms with E-state index in [9.17, 15) is 10.0 Å². The molecule has 6 rings (SSSR count). The molecule has 44 heavy (non-hydrogen) atoms. The van der Waals surface area contributed by atoms with Gasteiger partial charge >= 0.3 is 0 Å². The van der Waals surface area contributed by atoms with E-state index in [0.29, 0.717) is 53.1 Å². The third-order valence-electron chi connectivity index (χ3n) is 7.63. The Morgan fingerprint density at radius 3 is 2.25 bits per heavy atom. The molecule has 0 bridgehead atoms. The van der Waals surface area contributed by atoms with Gasteiger partial charge in [0.1, 0.15) is 12.4 Å². The number of carbonyl (C=O) groups excluding carboxylic acids is 1. The molecule has 2 aliphatic heterocycles. The van der Waals surface area contributed by atoms with Crippen molar-refractivity contribution in [2.24, 2.45) is 0 Å². The summed E-state index contributed by atoms with van der Waals surface area (Å²) in [4.78, 5) is 23.5. The lowest BCUT2D eigenvalue weighted by Crippen LogP contribution is -2.33. The molecule has 2 aromatic carbocycles. The van der Waals surface area contributed by atoms with E-state index in [1.54, 1.807) is 6.07 Å². The predicted molar refractivity (Wildman–Crippen MR) is 164 cm³/mol. The number of aromatic nitrogens is 2. The summed E-state index contributed by atoms with van der Waals surface area (Å²) in [6.07, 6.45) is 7.67. The maximum Gasteiger partial charge on any atom is 0.277 e. The summed E-state index contributed by atoms with van der Waals surface area (Å²) >= 11 is 6.81. The topological polar surface area (TPSA) is 115 Å². The number of rotatable bonds is 10. The van der Waals surface area contributed by atoms with Crippen LogP contribution in [0.4, 0.5) is 0 Å². The van der Waals surface area contributed by atoms with Crippen molar-refractivity contribution in [3.8, 4) is 28.1 Å². The van der Waals surface area contributed by atoms with Gasteiger partial charge in [0.2, 0.25) is 0 Å². The minimum absolute atomic E-state index is 0.101. The Morgan fingerprint density at radius 2 is 1.57 bits per heavy atom. The maximum atomic E-state index is 13.3. The van der Waals surface area contributed by atoms with E-state index in [2.05, 4.69) is 5.48 Å². The lowest BCUT2D eigenvalue weighted by molar-refractivity contribution is -0.603. The van der Waals surface area contributed by atoms with Gasteiger partial charge in [-0.05, 0) is 55.4 Å². The molecule has 2 aliphatic rings. The van der Waals surface area contributed by atoms with E-state index in [4.69, 9.17) is 40.4 Å². The summed E-state index contributed by atoms with van der Waals surface area (Å²) in [5.74, 6) is 0.173. The molecule has 0 saturated carbocycles. The van der Waals surface area contributed by atoms with Gasteiger partial charge in [-0.25, -0.2) is 15.3 Å². The number of hydroxylamine groups is 1. The van der Waals surface area contributed by atoms with Crippen LogP contribution in [0, 0.1) is 5.21 Å². The number of hydrogen-bond donors (Lipinski definition) is 1. The molecular formula is C33H34ClN3O7. The number of fused-ring (bicyclic) bond motifs is 1. The molecule has 2 unspecified atom stereocenters. The molecule has 2 saturated heterocycles. The van der Waals surface area contributed by atoms with Gasteiger partial charge < -0.3 is 24.2 Å². The number of ether oxygens (including phenoxy) is 4. The minimum atomic E-state index is -0.586. The average Bonchev–Trinajstić information content (AvgIpc) is 3.07. The lowest BCUT2D eigenvalue weighted by atomic mass is 10.0. The second-order valence-corrected chi connectivity index (χ2v) is 11.1. The first-order valence-electron chi connectivity index (χ1n) is 14.9. The molecule has 10 nitrogen and oxygen atoms in total. The van der Waals surface area contributed by atoms with Crippen LogP contribution in [0.15, 0.2) is 67.0 Å². The fraction of sp³-hybridized carbons (Fsp3) is 0.364. The second kappa shape index (κ2) is 14.3.